The van der Waals surface area contributed by atoms with Crippen LogP contribution < -0.4 is 10.5 Å². The molecule has 1 aromatic carbocycles. The summed E-state index contributed by atoms with van der Waals surface area (Å²) in [5.74, 6) is 0.0458. The third-order valence-corrected chi connectivity index (χ3v) is 4.67. The molecule has 0 spiro atoms. The average Bonchev–Trinajstić information content (AvgIpc) is 2.38. The van der Waals surface area contributed by atoms with Gasteiger partial charge in [0.25, 0.3) is 10.0 Å². The zero-order valence-electron chi connectivity index (χ0n) is 10.4. The molecule has 1 heterocycles. The van der Waals surface area contributed by atoms with Crippen LogP contribution in [0, 0.1) is 6.92 Å². The number of aromatic nitrogens is 1. The summed E-state index contributed by atoms with van der Waals surface area (Å²) in [5.41, 5.74) is 6.65. The van der Waals surface area contributed by atoms with Gasteiger partial charge in [-0.3, -0.25) is 4.72 Å². The third kappa shape index (κ3) is 2.98. The number of sulfonamides is 1. The first-order valence-corrected chi connectivity index (χ1v) is 7.74. The highest BCUT2D eigenvalue weighted by Crippen LogP contribution is 2.28. The number of rotatable bonds is 3. The molecule has 2 aromatic rings. The van der Waals surface area contributed by atoms with Crippen LogP contribution in [0.4, 0.5) is 11.5 Å². The quantitative estimate of drug-likeness (QED) is 0.846. The Kier molecular flexibility index (Phi) is 4.08. The SMILES string of the molecule is Cc1c(N)cc(S(=O)(=O)Nc2ncccc2Cl)cc1Cl. The minimum absolute atomic E-state index is 0.0458. The predicted octanol–water partition coefficient (Wildman–Crippen LogP) is 3.08. The number of benzene rings is 1. The summed E-state index contributed by atoms with van der Waals surface area (Å²) < 4.78 is 26.8. The Hall–Kier alpha value is -1.50. The number of pyridine rings is 1. The van der Waals surface area contributed by atoms with E-state index in [0.717, 1.165) is 0 Å². The molecule has 106 valence electrons. The molecule has 20 heavy (non-hydrogen) atoms. The van der Waals surface area contributed by atoms with Crippen LogP contribution in [0.3, 0.4) is 0 Å². The number of halogens is 2. The van der Waals surface area contributed by atoms with E-state index >= 15 is 0 Å². The zero-order valence-corrected chi connectivity index (χ0v) is 12.7. The van der Waals surface area contributed by atoms with E-state index in [-0.39, 0.29) is 20.8 Å². The maximum Gasteiger partial charge on any atom is 0.263 e. The van der Waals surface area contributed by atoms with Gasteiger partial charge in [0.2, 0.25) is 0 Å². The van der Waals surface area contributed by atoms with Crippen molar-refractivity contribution < 1.29 is 8.42 Å². The van der Waals surface area contributed by atoms with Gasteiger partial charge in [0, 0.05) is 16.9 Å². The molecule has 0 aliphatic rings. The minimum Gasteiger partial charge on any atom is -0.398 e. The normalized spacial score (nSPS) is 11.3. The molecule has 0 amide bonds. The van der Waals surface area contributed by atoms with Gasteiger partial charge in [-0.05, 0) is 36.8 Å². The van der Waals surface area contributed by atoms with Gasteiger partial charge in [-0.1, -0.05) is 23.2 Å². The average molecular weight is 332 g/mol. The summed E-state index contributed by atoms with van der Waals surface area (Å²) in [4.78, 5) is 3.82. The summed E-state index contributed by atoms with van der Waals surface area (Å²) in [6.07, 6.45) is 1.43. The van der Waals surface area contributed by atoms with Gasteiger partial charge >= 0.3 is 0 Å². The van der Waals surface area contributed by atoms with E-state index in [4.69, 9.17) is 28.9 Å². The molecule has 2 rings (SSSR count). The topological polar surface area (TPSA) is 85.1 Å². The van der Waals surface area contributed by atoms with Crippen LogP contribution in [0.25, 0.3) is 0 Å². The third-order valence-electron chi connectivity index (χ3n) is 2.66. The van der Waals surface area contributed by atoms with Crippen molar-refractivity contribution in [2.75, 3.05) is 10.5 Å². The molecule has 0 atom stereocenters. The first-order chi connectivity index (χ1) is 9.31. The molecular weight excluding hydrogens is 321 g/mol. The van der Waals surface area contributed by atoms with Crippen LogP contribution in [0.2, 0.25) is 10.0 Å². The van der Waals surface area contributed by atoms with Crippen molar-refractivity contribution >= 4 is 44.7 Å². The van der Waals surface area contributed by atoms with E-state index < -0.39 is 10.0 Å². The van der Waals surface area contributed by atoms with Gasteiger partial charge in [0.05, 0.1) is 9.92 Å². The summed E-state index contributed by atoms with van der Waals surface area (Å²) >= 11 is 11.8. The van der Waals surface area contributed by atoms with Gasteiger partial charge in [0.15, 0.2) is 5.82 Å². The van der Waals surface area contributed by atoms with Crippen LogP contribution in [0.15, 0.2) is 35.4 Å². The molecule has 1 aromatic heterocycles. The fraction of sp³-hybridized carbons (Fsp3) is 0.0833. The van der Waals surface area contributed by atoms with Crippen LogP contribution >= 0.6 is 23.2 Å². The summed E-state index contributed by atoms with van der Waals surface area (Å²) in [7, 11) is -3.86. The summed E-state index contributed by atoms with van der Waals surface area (Å²) in [5, 5.41) is 0.472. The maximum atomic E-state index is 12.2. The van der Waals surface area contributed by atoms with Crippen molar-refractivity contribution in [3.63, 3.8) is 0 Å². The lowest BCUT2D eigenvalue weighted by Gasteiger charge is -2.11. The van der Waals surface area contributed by atoms with Gasteiger partial charge in [0.1, 0.15) is 0 Å². The van der Waals surface area contributed by atoms with E-state index in [1.807, 2.05) is 0 Å². The monoisotopic (exact) mass is 331 g/mol. The predicted molar refractivity (Wildman–Crippen MR) is 80.7 cm³/mol. The minimum atomic E-state index is -3.86. The first-order valence-electron chi connectivity index (χ1n) is 5.50. The van der Waals surface area contributed by atoms with Crippen molar-refractivity contribution in [2.45, 2.75) is 11.8 Å². The summed E-state index contributed by atoms with van der Waals surface area (Å²) in [6.45, 7) is 1.71. The number of hydrogen-bond acceptors (Lipinski definition) is 4. The van der Waals surface area contributed by atoms with Crippen molar-refractivity contribution in [1.29, 1.82) is 0 Å². The lowest BCUT2D eigenvalue weighted by Crippen LogP contribution is -2.14. The molecule has 0 radical (unpaired) electrons. The van der Waals surface area contributed by atoms with Crippen LogP contribution in [0.5, 0.6) is 0 Å². The number of nitrogens with zero attached hydrogens (tertiary/aromatic N) is 1. The molecule has 0 saturated heterocycles. The smallest absolute Gasteiger partial charge is 0.263 e. The molecule has 3 N–H and O–H groups in total. The van der Waals surface area contributed by atoms with Crippen molar-refractivity contribution in [1.82, 2.24) is 4.98 Å². The van der Waals surface area contributed by atoms with Crippen molar-refractivity contribution in [3.05, 3.63) is 46.1 Å². The number of anilines is 2. The van der Waals surface area contributed by atoms with Crippen LogP contribution in [-0.4, -0.2) is 13.4 Å². The van der Waals surface area contributed by atoms with Gasteiger partial charge in [-0.15, -0.1) is 0 Å². The Morgan fingerprint density at radius 2 is 1.95 bits per heavy atom. The Morgan fingerprint density at radius 1 is 1.25 bits per heavy atom. The van der Waals surface area contributed by atoms with E-state index in [1.165, 1.54) is 24.4 Å². The molecular formula is C12H11Cl2N3O2S. The Bertz CT molecular complexity index is 740. The number of nitrogens with one attached hydrogen (secondary N) is 1. The van der Waals surface area contributed by atoms with Gasteiger partial charge in [-0.25, -0.2) is 13.4 Å². The Morgan fingerprint density at radius 3 is 2.55 bits per heavy atom. The van der Waals surface area contributed by atoms with Crippen molar-refractivity contribution in [3.8, 4) is 0 Å². The second kappa shape index (κ2) is 5.47. The van der Waals surface area contributed by atoms with E-state index in [9.17, 15) is 8.42 Å². The Labute approximate surface area is 126 Å². The van der Waals surface area contributed by atoms with Gasteiger partial charge in [-0.2, -0.15) is 0 Å². The van der Waals surface area contributed by atoms with Gasteiger partial charge < -0.3 is 5.73 Å². The molecule has 8 heteroatoms. The first kappa shape index (κ1) is 14.9. The molecule has 0 aliphatic heterocycles. The molecule has 0 bridgehead atoms. The lowest BCUT2D eigenvalue weighted by molar-refractivity contribution is 0.601. The number of nitrogens with two attached hydrogens (primary N) is 1. The van der Waals surface area contributed by atoms with Crippen molar-refractivity contribution in [2.24, 2.45) is 0 Å². The highest BCUT2D eigenvalue weighted by molar-refractivity contribution is 7.92. The molecule has 5 nitrogen and oxygen atoms in total. The zero-order chi connectivity index (χ0) is 14.9. The fourth-order valence-electron chi connectivity index (χ4n) is 1.48. The van der Waals surface area contributed by atoms with Crippen LogP contribution in [-0.2, 0) is 10.0 Å². The van der Waals surface area contributed by atoms with Crippen LogP contribution in [0.1, 0.15) is 5.56 Å². The van der Waals surface area contributed by atoms with E-state index in [2.05, 4.69) is 9.71 Å². The second-order valence-electron chi connectivity index (χ2n) is 4.06. The second-order valence-corrected chi connectivity index (χ2v) is 6.56. The number of nitrogen functional groups attached to an aromatic ring is 1. The van der Waals surface area contributed by atoms with E-state index in [1.54, 1.807) is 13.0 Å². The van der Waals surface area contributed by atoms with E-state index in [0.29, 0.717) is 11.3 Å². The molecule has 0 aliphatic carbocycles. The standard InChI is InChI=1S/C12H11Cl2N3O2S/c1-7-10(14)5-8(6-11(7)15)20(18,19)17-12-9(13)3-2-4-16-12/h2-6H,15H2,1H3,(H,16,17). The molecule has 0 fully saturated rings. The summed E-state index contributed by atoms with van der Waals surface area (Å²) in [6, 6.07) is 5.79. The maximum absolute atomic E-state index is 12.2. The largest absolute Gasteiger partial charge is 0.398 e. The molecule has 0 unspecified atom stereocenters. The highest BCUT2D eigenvalue weighted by atomic mass is 35.5. The lowest BCUT2D eigenvalue weighted by atomic mass is 10.2. The Balaban J connectivity index is 2.44. The fourth-order valence-corrected chi connectivity index (χ4v) is 3.08. The molecule has 0 saturated carbocycles. The highest BCUT2D eigenvalue weighted by Gasteiger charge is 2.18. The number of hydrogen-bond donors (Lipinski definition) is 2.